The SMILES string of the molecule is C1=Nc2ccccc2C1.CC.CC.CC.c1ccc2cc3ccccc3cc2c1.c1ccc2ccccc2c1. The van der Waals surface area contributed by atoms with Crippen LogP contribution in [0.5, 0.6) is 0 Å². The van der Waals surface area contributed by atoms with Crippen LogP contribution in [0.15, 0.2) is 138 Å². The van der Waals surface area contributed by atoms with E-state index >= 15 is 0 Å². The van der Waals surface area contributed by atoms with Gasteiger partial charge in [-0.1, -0.05) is 157 Å². The number of fused-ring (bicyclic) bond motifs is 4. The Labute approximate surface area is 235 Å². The fraction of sp³-hybridized carbons (Fsp3) is 0.184. The van der Waals surface area contributed by atoms with Crippen molar-refractivity contribution in [3.8, 4) is 0 Å². The topological polar surface area (TPSA) is 12.4 Å². The lowest BCUT2D eigenvalue weighted by Crippen LogP contribution is -1.75. The highest BCUT2D eigenvalue weighted by molar-refractivity contribution is 5.98. The van der Waals surface area contributed by atoms with Gasteiger partial charge >= 0.3 is 0 Å². The molecule has 200 valence electrons. The first kappa shape index (κ1) is 31.0. The molecule has 39 heavy (non-hydrogen) atoms. The number of rotatable bonds is 0. The van der Waals surface area contributed by atoms with Gasteiger partial charge in [-0.25, -0.2) is 0 Å². The number of hydrogen-bond acceptors (Lipinski definition) is 1. The first-order valence-corrected chi connectivity index (χ1v) is 14.3. The lowest BCUT2D eigenvalue weighted by Gasteiger charge is -2.00. The predicted molar refractivity (Wildman–Crippen MR) is 178 cm³/mol. The van der Waals surface area contributed by atoms with E-state index in [1.807, 2.05) is 66.0 Å². The molecular formula is C38H43N. The van der Waals surface area contributed by atoms with E-state index in [0.29, 0.717) is 0 Å². The van der Waals surface area contributed by atoms with Crippen molar-refractivity contribution in [3.05, 3.63) is 139 Å². The van der Waals surface area contributed by atoms with Gasteiger partial charge in [-0.3, -0.25) is 4.99 Å². The number of para-hydroxylation sites is 1. The minimum absolute atomic E-state index is 1.01. The second-order valence-corrected chi connectivity index (χ2v) is 8.04. The molecule has 0 bridgehead atoms. The van der Waals surface area contributed by atoms with E-state index in [2.05, 4.69) is 120 Å². The van der Waals surface area contributed by atoms with E-state index in [4.69, 9.17) is 0 Å². The molecule has 1 aliphatic heterocycles. The average molecular weight is 514 g/mol. The van der Waals surface area contributed by atoms with Crippen LogP contribution in [0, 0.1) is 0 Å². The molecular weight excluding hydrogens is 470 g/mol. The summed E-state index contributed by atoms with van der Waals surface area (Å²) in [6.07, 6.45) is 2.96. The van der Waals surface area contributed by atoms with Crippen molar-refractivity contribution < 1.29 is 0 Å². The van der Waals surface area contributed by atoms with Gasteiger partial charge in [0.2, 0.25) is 0 Å². The zero-order valence-corrected chi connectivity index (χ0v) is 24.4. The van der Waals surface area contributed by atoms with E-state index < -0.39 is 0 Å². The Balaban J connectivity index is 0.000000191. The highest BCUT2D eigenvalue weighted by Crippen LogP contribution is 2.23. The van der Waals surface area contributed by atoms with Gasteiger partial charge in [-0.2, -0.15) is 0 Å². The molecule has 0 atom stereocenters. The molecule has 0 aromatic heterocycles. The lowest BCUT2D eigenvalue weighted by molar-refractivity contribution is 1.41. The van der Waals surface area contributed by atoms with Crippen molar-refractivity contribution in [2.75, 3.05) is 0 Å². The van der Waals surface area contributed by atoms with Crippen LogP contribution in [0.25, 0.3) is 32.3 Å². The smallest absolute Gasteiger partial charge is 0.0661 e. The zero-order chi connectivity index (χ0) is 28.3. The van der Waals surface area contributed by atoms with Gasteiger partial charge in [-0.05, 0) is 56.1 Å². The van der Waals surface area contributed by atoms with Crippen molar-refractivity contribution in [3.63, 3.8) is 0 Å². The van der Waals surface area contributed by atoms with Crippen LogP contribution in [0.1, 0.15) is 47.1 Å². The first-order chi connectivity index (χ1) is 19.4. The van der Waals surface area contributed by atoms with Gasteiger partial charge in [0, 0.05) is 12.6 Å². The summed E-state index contributed by atoms with van der Waals surface area (Å²) >= 11 is 0. The second kappa shape index (κ2) is 18.1. The molecule has 1 nitrogen and oxygen atoms in total. The van der Waals surface area contributed by atoms with E-state index in [0.717, 1.165) is 12.1 Å². The average Bonchev–Trinajstić information content (AvgIpc) is 3.53. The van der Waals surface area contributed by atoms with Crippen molar-refractivity contribution >= 4 is 44.2 Å². The van der Waals surface area contributed by atoms with Crippen LogP contribution in [0.4, 0.5) is 5.69 Å². The Kier molecular flexibility index (Phi) is 14.4. The van der Waals surface area contributed by atoms with Crippen LogP contribution in [0.2, 0.25) is 0 Å². The minimum Gasteiger partial charge on any atom is -0.261 e. The van der Waals surface area contributed by atoms with Gasteiger partial charge < -0.3 is 0 Å². The fourth-order valence-electron chi connectivity index (χ4n) is 4.07. The highest BCUT2D eigenvalue weighted by atomic mass is 14.7. The Bertz CT molecular complexity index is 1370. The molecule has 6 aromatic carbocycles. The van der Waals surface area contributed by atoms with Crippen LogP contribution >= 0.6 is 0 Å². The summed E-state index contributed by atoms with van der Waals surface area (Å²) in [6, 6.07) is 46.4. The quantitative estimate of drug-likeness (QED) is 0.179. The highest BCUT2D eigenvalue weighted by Gasteiger charge is 2.02. The van der Waals surface area contributed by atoms with Gasteiger partial charge in [0.05, 0.1) is 5.69 Å². The van der Waals surface area contributed by atoms with Gasteiger partial charge in [0.25, 0.3) is 0 Å². The van der Waals surface area contributed by atoms with E-state index in [1.165, 1.54) is 37.9 Å². The summed E-state index contributed by atoms with van der Waals surface area (Å²) < 4.78 is 0. The van der Waals surface area contributed by atoms with Gasteiger partial charge in [0.15, 0.2) is 0 Å². The van der Waals surface area contributed by atoms with Crippen LogP contribution in [-0.2, 0) is 6.42 Å². The lowest BCUT2D eigenvalue weighted by atomic mass is 10.0. The summed E-state index contributed by atoms with van der Waals surface area (Å²) in [6.45, 7) is 12.0. The fourth-order valence-corrected chi connectivity index (χ4v) is 4.07. The largest absolute Gasteiger partial charge is 0.261 e. The monoisotopic (exact) mass is 513 g/mol. The molecule has 0 fully saturated rings. The Morgan fingerprint density at radius 1 is 0.385 bits per heavy atom. The minimum atomic E-state index is 1.01. The summed E-state index contributed by atoms with van der Waals surface area (Å²) in [5, 5.41) is 7.87. The van der Waals surface area contributed by atoms with Gasteiger partial charge in [-0.15, -0.1) is 0 Å². The molecule has 0 radical (unpaired) electrons. The van der Waals surface area contributed by atoms with E-state index in [1.54, 1.807) is 0 Å². The predicted octanol–water partition coefficient (Wildman–Crippen LogP) is 11.9. The Morgan fingerprint density at radius 2 is 0.692 bits per heavy atom. The second-order valence-electron chi connectivity index (χ2n) is 8.04. The Morgan fingerprint density at radius 3 is 1.05 bits per heavy atom. The molecule has 0 aliphatic carbocycles. The molecule has 1 aliphatic rings. The maximum atomic E-state index is 4.17. The van der Waals surface area contributed by atoms with E-state index in [-0.39, 0.29) is 0 Å². The van der Waals surface area contributed by atoms with Gasteiger partial charge in [0.1, 0.15) is 0 Å². The maximum absolute atomic E-state index is 4.17. The number of benzene rings is 6. The number of aliphatic imine (C=N–C) groups is 1. The van der Waals surface area contributed by atoms with Crippen molar-refractivity contribution in [2.24, 2.45) is 4.99 Å². The molecule has 6 aromatic rings. The van der Waals surface area contributed by atoms with Crippen LogP contribution in [0.3, 0.4) is 0 Å². The molecule has 0 saturated heterocycles. The third-order valence-electron chi connectivity index (χ3n) is 5.81. The van der Waals surface area contributed by atoms with Crippen LogP contribution in [-0.4, -0.2) is 6.21 Å². The van der Waals surface area contributed by atoms with Crippen LogP contribution < -0.4 is 0 Å². The van der Waals surface area contributed by atoms with Crippen molar-refractivity contribution in [2.45, 2.75) is 48.0 Å². The third-order valence-corrected chi connectivity index (χ3v) is 5.81. The standard InChI is InChI=1S/C14H10.C10H8.C8H7N.3C2H6/c1-2-6-12-10-14-8-4-3-7-13(14)9-11(12)5-1;1-2-6-10-8-4-3-7-9(10)5-1;1-2-4-8-7(3-1)5-6-9-8;3*1-2/h1-10H;1-8H;1-4,6H,5H2;3*1-2H3. The first-order valence-electron chi connectivity index (χ1n) is 14.3. The summed E-state index contributed by atoms with van der Waals surface area (Å²) in [5.41, 5.74) is 2.48. The normalized spacial score (nSPS) is 10.1. The molecule has 1 heteroatoms. The molecule has 1 heterocycles. The van der Waals surface area contributed by atoms with E-state index in [9.17, 15) is 0 Å². The Hall–Kier alpha value is -4.23. The maximum Gasteiger partial charge on any atom is 0.0661 e. The molecule has 7 rings (SSSR count). The summed E-state index contributed by atoms with van der Waals surface area (Å²) in [4.78, 5) is 4.17. The van der Waals surface area contributed by atoms with Crippen molar-refractivity contribution in [1.82, 2.24) is 0 Å². The number of nitrogens with zero attached hydrogens (tertiary/aromatic N) is 1. The number of hydrogen-bond donors (Lipinski definition) is 0. The molecule has 0 unspecified atom stereocenters. The molecule has 0 N–H and O–H groups in total. The zero-order valence-electron chi connectivity index (χ0n) is 24.4. The molecule has 0 spiro atoms. The summed E-state index contributed by atoms with van der Waals surface area (Å²) in [7, 11) is 0. The third kappa shape index (κ3) is 9.23. The molecule has 0 saturated carbocycles. The summed E-state index contributed by atoms with van der Waals surface area (Å²) in [5.74, 6) is 0. The van der Waals surface area contributed by atoms with Crippen molar-refractivity contribution in [1.29, 1.82) is 0 Å². The molecule has 0 amide bonds.